The second-order valence-corrected chi connectivity index (χ2v) is 3.71. The molecule has 84 valence electrons. The van der Waals surface area contributed by atoms with Gasteiger partial charge in [0.15, 0.2) is 0 Å². The van der Waals surface area contributed by atoms with E-state index in [1.807, 2.05) is 0 Å². The smallest absolute Gasteiger partial charge is 0.315 e. The topological polar surface area (TPSA) is 86.2 Å². The van der Waals surface area contributed by atoms with Crippen LogP contribution in [0.1, 0.15) is 19.2 Å². The molecule has 1 aromatic rings. The van der Waals surface area contributed by atoms with Crippen LogP contribution < -0.4 is 11.1 Å². The Bertz CT molecular complexity index is 315. The second-order valence-electron chi connectivity index (χ2n) is 3.71. The maximum absolute atomic E-state index is 5.45. The number of hydrogen-bond acceptors (Lipinski definition) is 6. The average Bonchev–Trinajstić information content (AvgIpc) is 2.84. The fourth-order valence-corrected chi connectivity index (χ4v) is 1.67. The standard InChI is InChI=1S/C9H16N4O2/c1-6-7(2-3-14-6)5-11-9-13-12-8(4-10)15-9/h6-7H,2-5,10H2,1H3,(H,11,13). The van der Waals surface area contributed by atoms with Crippen molar-refractivity contribution in [1.29, 1.82) is 0 Å². The lowest BCUT2D eigenvalue weighted by atomic mass is 10.0. The van der Waals surface area contributed by atoms with Gasteiger partial charge >= 0.3 is 6.01 Å². The molecule has 0 spiro atoms. The van der Waals surface area contributed by atoms with Crippen LogP contribution in [0.4, 0.5) is 6.01 Å². The van der Waals surface area contributed by atoms with Gasteiger partial charge in [0.1, 0.15) is 0 Å². The number of rotatable bonds is 4. The quantitative estimate of drug-likeness (QED) is 0.749. The zero-order valence-corrected chi connectivity index (χ0v) is 8.77. The second kappa shape index (κ2) is 4.59. The number of hydrogen-bond donors (Lipinski definition) is 2. The summed E-state index contributed by atoms with van der Waals surface area (Å²) in [7, 11) is 0. The van der Waals surface area contributed by atoms with Gasteiger partial charge < -0.3 is 20.2 Å². The summed E-state index contributed by atoms with van der Waals surface area (Å²) in [5.74, 6) is 0.964. The summed E-state index contributed by atoms with van der Waals surface area (Å²) in [6, 6.07) is 0.439. The van der Waals surface area contributed by atoms with Gasteiger partial charge in [0, 0.05) is 19.1 Å². The first-order chi connectivity index (χ1) is 7.29. The molecule has 6 nitrogen and oxygen atoms in total. The normalized spacial score (nSPS) is 25.7. The van der Waals surface area contributed by atoms with Crippen molar-refractivity contribution in [2.24, 2.45) is 11.7 Å². The van der Waals surface area contributed by atoms with Crippen LogP contribution in [0.3, 0.4) is 0 Å². The summed E-state index contributed by atoms with van der Waals surface area (Å²) in [5.41, 5.74) is 5.36. The minimum absolute atomic E-state index is 0.275. The molecule has 2 unspecified atom stereocenters. The lowest BCUT2D eigenvalue weighted by molar-refractivity contribution is 0.108. The van der Waals surface area contributed by atoms with E-state index in [1.165, 1.54) is 0 Å². The van der Waals surface area contributed by atoms with E-state index in [-0.39, 0.29) is 6.54 Å². The third-order valence-corrected chi connectivity index (χ3v) is 2.69. The molecule has 1 aliphatic rings. The Hall–Kier alpha value is -1.14. The molecule has 15 heavy (non-hydrogen) atoms. The summed E-state index contributed by atoms with van der Waals surface area (Å²) in [6.45, 7) is 3.99. The Morgan fingerprint density at radius 2 is 2.40 bits per heavy atom. The Morgan fingerprint density at radius 1 is 1.53 bits per heavy atom. The molecule has 0 aromatic carbocycles. The summed E-state index contributed by atoms with van der Waals surface area (Å²) in [5, 5.41) is 10.7. The van der Waals surface area contributed by atoms with E-state index in [0.29, 0.717) is 23.9 Å². The van der Waals surface area contributed by atoms with E-state index in [0.717, 1.165) is 19.6 Å². The first-order valence-corrected chi connectivity index (χ1v) is 5.17. The maximum Gasteiger partial charge on any atom is 0.315 e. The van der Waals surface area contributed by atoms with Crippen molar-refractivity contribution < 1.29 is 9.15 Å². The molecule has 0 bridgehead atoms. The Balaban J connectivity index is 1.82. The number of ether oxygens (including phenoxy) is 1. The molecular weight excluding hydrogens is 196 g/mol. The van der Waals surface area contributed by atoms with E-state index in [4.69, 9.17) is 14.9 Å². The van der Waals surface area contributed by atoms with Gasteiger partial charge in [0.2, 0.25) is 5.89 Å². The number of nitrogens with zero attached hydrogens (tertiary/aromatic N) is 2. The Morgan fingerprint density at radius 3 is 3.00 bits per heavy atom. The minimum atomic E-state index is 0.275. The SMILES string of the molecule is CC1OCCC1CNc1nnc(CN)o1. The predicted octanol–water partition coefficient (Wildman–Crippen LogP) is 0.365. The van der Waals surface area contributed by atoms with Crippen LogP contribution in [0, 0.1) is 5.92 Å². The molecule has 0 saturated carbocycles. The average molecular weight is 212 g/mol. The lowest BCUT2D eigenvalue weighted by Crippen LogP contribution is -2.20. The highest BCUT2D eigenvalue weighted by molar-refractivity contribution is 5.17. The van der Waals surface area contributed by atoms with E-state index in [1.54, 1.807) is 0 Å². The van der Waals surface area contributed by atoms with Gasteiger partial charge in [-0.2, -0.15) is 0 Å². The predicted molar refractivity (Wildman–Crippen MR) is 54.2 cm³/mol. The van der Waals surface area contributed by atoms with E-state index in [9.17, 15) is 0 Å². The molecule has 2 atom stereocenters. The van der Waals surface area contributed by atoms with Gasteiger partial charge in [-0.1, -0.05) is 5.10 Å². The molecule has 1 aliphatic heterocycles. The number of nitrogens with one attached hydrogen (secondary N) is 1. The van der Waals surface area contributed by atoms with Crippen LogP contribution >= 0.6 is 0 Å². The van der Waals surface area contributed by atoms with Crippen LogP contribution in [0.25, 0.3) is 0 Å². The highest BCUT2D eigenvalue weighted by Gasteiger charge is 2.24. The summed E-state index contributed by atoms with van der Waals surface area (Å²) in [4.78, 5) is 0. The van der Waals surface area contributed by atoms with Gasteiger partial charge in [0.05, 0.1) is 12.6 Å². The van der Waals surface area contributed by atoms with Gasteiger partial charge in [-0.05, 0) is 13.3 Å². The van der Waals surface area contributed by atoms with E-state index in [2.05, 4.69) is 22.4 Å². The zero-order chi connectivity index (χ0) is 10.7. The van der Waals surface area contributed by atoms with Crippen LogP contribution in [-0.2, 0) is 11.3 Å². The van der Waals surface area contributed by atoms with Crippen LogP contribution in [-0.4, -0.2) is 29.5 Å². The molecular formula is C9H16N4O2. The molecule has 0 aliphatic carbocycles. The largest absolute Gasteiger partial charge is 0.407 e. The van der Waals surface area contributed by atoms with Crippen molar-refractivity contribution >= 4 is 6.01 Å². The van der Waals surface area contributed by atoms with Crippen LogP contribution in [0.2, 0.25) is 0 Å². The molecule has 2 rings (SSSR count). The molecule has 2 heterocycles. The fraction of sp³-hybridized carbons (Fsp3) is 0.778. The van der Waals surface area contributed by atoms with E-state index >= 15 is 0 Å². The number of aromatic nitrogens is 2. The van der Waals surface area contributed by atoms with Crippen molar-refractivity contribution in [3.05, 3.63) is 5.89 Å². The minimum Gasteiger partial charge on any atom is -0.407 e. The van der Waals surface area contributed by atoms with Crippen molar-refractivity contribution in [2.75, 3.05) is 18.5 Å². The van der Waals surface area contributed by atoms with Gasteiger partial charge in [-0.3, -0.25) is 0 Å². The maximum atomic E-state index is 5.45. The highest BCUT2D eigenvalue weighted by atomic mass is 16.5. The first-order valence-electron chi connectivity index (χ1n) is 5.17. The molecule has 6 heteroatoms. The first kappa shape index (κ1) is 10.4. The van der Waals surface area contributed by atoms with Crippen molar-refractivity contribution in [2.45, 2.75) is 26.0 Å². The molecule has 3 N–H and O–H groups in total. The molecule has 1 fully saturated rings. The monoisotopic (exact) mass is 212 g/mol. The number of anilines is 1. The molecule has 1 saturated heterocycles. The summed E-state index contributed by atoms with van der Waals surface area (Å²) < 4.78 is 10.7. The van der Waals surface area contributed by atoms with Gasteiger partial charge in [-0.15, -0.1) is 5.10 Å². The Labute approximate surface area is 88.2 Å². The summed E-state index contributed by atoms with van der Waals surface area (Å²) >= 11 is 0. The molecule has 0 radical (unpaired) electrons. The zero-order valence-electron chi connectivity index (χ0n) is 8.77. The third kappa shape index (κ3) is 2.45. The van der Waals surface area contributed by atoms with Crippen molar-refractivity contribution in [1.82, 2.24) is 10.2 Å². The summed E-state index contributed by atoms with van der Waals surface area (Å²) in [6.07, 6.45) is 1.38. The highest BCUT2D eigenvalue weighted by Crippen LogP contribution is 2.20. The molecule has 1 aromatic heterocycles. The van der Waals surface area contributed by atoms with Crippen LogP contribution in [0.5, 0.6) is 0 Å². The van der Waals surface area contributed by atoms with Crippen LogP contribution in [0.15, 0.2) is 4.42 Å². The van der Waals surface area contributed by atoms with Gasteiger partial charge in [-0.25, -0.2) is 0 Å². The molecule has 0 amide bonds. The lowest BCUT2D eigenvalue weighted by Gasteiger charge is -2.13. The third-order valence-electron chi connectivity index (χ3n) is 2.69. The number of nitrogens with two attached hydrogens (primary N) is 1. The van der Waals surface area contributed by atoms with E-state index < -0.39 is 0 Å². The van der Waals surface area contributed by atoms with Crippen molar-refractivity contribution in [3.63, 3.8) is 0 Å². The van der Waals surface area contributed by atoms with Gasteiger partial charge in [0.25, 0.3) is 0 Å². The van der Waals surface area contributed by atoms with Crippen molar-refractivity contribution in [3.8, 4) is 0 Å². The fourth-order valence-electron chi connectivity index (χ4n) is 1.67. The Kier molecular flexibility index (Phi) is 3.17.